The normalized spacial score (nSPS) is 19.1. The number of benzene rings is 1. The fourth-order valence-corrected chi connectivity index (χ4v) is 3.30. The second-order valence-electron chi connectivity index (χ2n) is 6.27. The SMILES string of the molecule is COCCNC(=O)c1cc2n(n1)C(C(F)(F)F)CC(c1ccc(Cl)c(Cl)c1)N2. The van der Waals surface area contributed by atoms with Crippen LogP contribution in [-0.2, 0) is 4.74 Å². The molecule has 0 saturated carbocycles. The van der Waals surface area contributed by atoms with E-state index in [4.69, 9.17) is 27.9 Å². The molecule has 1 aliphatic rings. The Morgan fingerprint density at radius 3 is 2.75 bits per heavy atom. The van der Waals surface area contributed by atoms with Crippen LogP contribution in [0.2, 0.25) is 10.0 Å². The van der Waals surface area contributed by atoms with Crippen LogP contribution in [0, 0.1) is 0 Å². The summed E-state index contributed by atoms with van der Waals surface area (Å²) in [6, 6.07) is 3.41. The highest BCUT2D eigenvalue weighted by atomic mass is 35.5. The predicted octanol–water partition coefficient (Wildman–Crippen LogP) is 4.23. The van der Waals surface area contributed by atoms with E-state index in [9.17, 15) is 18.0 Å². The minimum atomic E-state index is -4.54. The molecule has 152 valence electrons. The van der Waals surface area contributed by atoms with Crippen LogP contribution in [0.1, 0.15) is 34.6 Å². The van der Waals surface area contributed by atoms with Gasteiger partial charge in [-0.2, -0.15) is 18.3 Å². The van der Waals surface area contributed by atoms with Crippen molar-refractivity contribution in [3.05, 3.63) is 45.6 Å². The molecule has 1 aromatic carbocycles. The lowest BCUT2D eigenvalue weighted by molar-refractivity contribution is -0.173. The molecule has 0 radical (unpaired) electrons. The number of aromatic nitrogens is 2. The van der Waals surface area contributed by atoms with Crippen LogP contribution in [0.5, 0.6) is 0 Å². The smallest absolute Gasteiger partial charge is 0.383 e. The average Bonchev–Trinajstić information content (AvgIpc) is 3.06. The third kappa shape index (κ3) is 4.37. The first-order valence-electron chi connectivity index (χ1n) is 8.35. The summed E-state index contributed by atoms with van der Waals surface area (Å²) in [5.41, 5.74) is 0.449. The standard InChI is InChI=1S/C17H17Cl2F3N4O2/c1-28-5-4-23-16(27)13-8-15-24-12(9-2-3-10(18)11(19)6-9)7-14(17(20,21)22)26(15)25-13/h2-3,6,8,12,14,24H,4-5,7H2,1H3,(H,23,27). The molecule has 0 fully saturated rings. The van der Waals surface area contributed by atoms with Crippen LogP contribution in [0.4, 0.5) is 19.0 Å². The fraction of sp³-hybridized carbons (Fsp3) is 0.412. The van der Waals surface area contributed by atoms with Crippen molar-refractivity contribution in [1.82, 2.24) is 15.1 Å². The number of methoxy groups -OCH3 is 1. The molecular weight excluding hydrogens is 420 g/mol. The number of alkyl halides is 3. The molecule has 3 rings (SSSR count). The number of carbonyl (C=O) groups excluding carboxylic acids is 1. The average molecular weight is 437 g/mol. The van der Waals surface area contributed by atoms with Crippen molar-refractivity contribution in [3.8, 4) is 0 Å². The van der Waals surface area contributed by atoms with Crippen LogP contribution in [-0.4, -0.2) is 42.1 Å². The van der Waals surface area contributed by atoms with Gasteiger partial charge in [-0.3, -0.25) is 4.79 Å². The maximum atomic E-state index is 13.7. The lowest BCUT2D eigenvalue weighted by Crippen LogP contribution is -2.36. The van der Waals surface area contributed by atoms with Crippen LogP contribution in [0.25, 0.3) is 0 Å². The van der Waals surface area contributed by atoms with E-state index < -0.39 is 24.2 Å². The molecule has 2 unspecified atom stereocenters. The summed E-state index contributed by atoms with van der Waals surface area (Å²) in [7, 11) is 1.47. The van der Waals surface area contributed by atoms with Gasteiger partial charge in [0.1, 0.15) is 5.82 Å². The zero-order chi connectivity index (χ0) is 20.5. The van der Waals surface area contributed by atoms with Gasteiger partial charge in [-0.15, -0.1) is 0 Å². The predicted molar refractivity (Wildman–Crippen MR) is 99.0 cm³/mol. The number of rotatable bonds is 5. The largest absolute Gasteiger partial charge is 0.410 e. The molecular formula is C17H17Cl2F3N4O2. The summed E-state index contributed by atoms with van der Waals surface area (Å²) in [5.74, 6) is -0.477. The van der Waals surface area contributed by atoms with Crippen molar-refractivity contribution in [2.24, 2.45) is 0 Å². The molecule has 2 aromatic rings. The first-order valence-corrected chi connectivity index (χ1v) is 9.11. The first kappa shape index (κ1) is 20.8. The lowest BCUT2D eigenvalue weighted by atomic mass is 9.97. The van der Waals surface area contributed by atoms with Crippen molar-refractivity contribution in [2.75, 3.05) is 25.6 Å². The van der Waals surface area contributed by atoms with Gasteiger partial charge in [-0.05, 0) is 17.7 Å². The molecule has 2 N–H and O–H groups in total. The number of halogens is 5. The third-order valence-corrected chi connectivity index (χ3v) is 5.10. The lowest BCUT2D eigenvalue weighted by Gasteiger charge is -2.33. The number of nitrogens with one attached hydrogen (secondary N) is 2. The van der Waals surface area contributed by atoms with Crippen LogP contribution >= 0.6 is 23.2 Å². The summed E-state index contributed by atoms with van der Waals surface area (Å²) in [5, 5.41) is 9.97. The zero-order valence-corrected chi connectivity index (χ0v) is 16.2. The maximum Gasteiger partial charge on any atom is 0.410 e. The molecule has 0 saturated heterocycles. The second-order valence-corrected chi connectivity index (χ2v) is 7.09. The topological polar surface area (TPSA) is 68.2 Å². The fourth-order valence-electron chi connectivity index (χ4n) is 2.99. The Bertz CT molecular complexity index is 873. The molecule has 1 aromatic heterocycles. The van der Waals surface area contributed by atoms with Crippen molar-refractivity contribution in [1.29, 1.82) is 0 Å². The molecule has 0 aliphatic carbocycles. The van der Waals surface area contributed by atoms with E-state index in [1.807, 2.05) is 0 Å². The second kappa shape index (κ2) is 8.18. The Hall–Kier alpha value is -1.97. The Balaban J connectivity index is 1.91. The molecule has 2 heterocycles. The number of anilines is 1. The molecule has 2 atom stereocenters. The van der Waals surface area contributed by atoms with E-state index in [-0.39, 0.29) is 36.1 Å². The summed E-state index contributed by atoms with van der Waals surface area (Å²) in [6.07, 6.45) is -4.85. The minimum Gasteiger partial charge on any atom is -0.383 e. The number of amides is 1. The highest BCUT2D eigenvalue weighted by Gasteiger charge is 2.46. The summed E-state index contributed by atoms with van der Waals surface area (Å²) in [6.45, 7) is 0.502. The quantitative estimate of drug-likeness (QED) is 0.688. The van der Waals surface area contributed by atoms with Gasteiger partial charge < -0.3 is 15.4 Å². The van der Waals surface area contributed by atoms with Crippen molar-refractivity contribution < 1.29 is 22.7 Å². The number of hydrogen-bond acceptors (Lipinski definition) is 4. The van der Waals surface area contributed by atoms with Gasteiger partial charge in [0.25, 0.3) is 5.91 Å². The molecule has 0 bridgehead atoms. The van der Waals surface area contributed by atoms with E-state index in [0.29, 0.717) is 10.6 Å². The van der Waals surface area contributed by atoms with E-state index in [0.717, 1.165) is 4.68 Å². The van der Waals surface area contributed by atoms with E-state index in [2.05, 4.69) is 15.7 Å². The first-order chi connectivity index (χ1) is 13.2. The van der Waals surface area contributed by atoms with Crippen molar-refractivity contribution in [2.45, 2.75) is 24.7 Å². The summed E-state index contributed by atoms with van der Waals surface area (Å²) < 4.78 is 46.6. The molecule has 11 heteroatoms. The summed E-state index contributed by atoms with van der Waals surface area (Å²) in [4.78, 5) is 12.1. The Kier molecular flexibility index (Phi) is 6.07. The molecule has 0 spiro atoms. The van der Waals surface area contributed by atoms with Gasteiger partial charge in [-0.25, -0.2) is 4.68 Å². The molecule has 1 aliphatic heterocycles. The Morgan fingerprint density at radius 1 is 1.36 bits per heavy atom. The highest BCUT2D eigenvalue weighted by Crippen LogP contribution is 2.44. The zero-order valence-electron chi connectivity index (χ0n) is 14.7. The van der Waals surface area contributed by atoms with Gasteiger partial charge in [-0.1, -0.05) is 29.3 Å². The van der Waals surface area contributed by atoms with Gasteiger partial charge >= 0.3 is 6.18 Å². The number of fused-ring (bicyclic) bond motifs is 1. The van der Waals surface area contributed by atoms with Crippen LogP contribution in [0.15, 0.2) is 24.3 Å². The number of carbonyl (C=O) groups is 1. The van der Waals surface area contributed by atoms with Crippen LogP contribution in [0.3, 0.4) is 0 Å². The Morgan fingerprint density at radius 2 is 2.11 bits per heavy atom. The maximum absolute atomic E-state index is 13.7. The number of hydrogen-bond donors (Lipinski definition) is 2. The molecule has 6 nitrogen and oxygen atoms in total. The van der Waals surface area contributed by atoms with Crippen molar-refractivity contribution >= 4 is 34.9 Å². The Labute approximate surface area is 168 Å². The third-order valence-electron chi connectivity index (χ3n) is 4.36. The van der Waals surface area contributed by atoms with Gasteiger partial charge in [0.15, 0.2) is 11.7 Å². The van der Waals surface area contributed by atoms with Gasteiger partial charge in [0, 0.05) is 26.1 Å². The minimum absolute atomic E-state index is 0.0986. The molecule has 28 heavy (non-hydrogen) atoms. The number of nitrogens with zero attached hydrogens (tertiary/aromatic N) is 2. The van der Waals surface area contributed by atoms with E-state index in [1.165, 1.54) is 25.3 Å². The number of ether oxygens (including phenoxy) is 1. The van der Waals surface area contributed by atoms with E-state index in [1.54, 1.807) is 6.07 Å². The molecule has 1 amide bonds. The summed E-state index contributed by atoms with van der Waals surface area (Å²) >= 11 is 11.9. The van der Waals surface area contributed by atoms with Crippen LogP contribution < -0.4 is 10.6 Å². The monoisotopic (exact) mass is 436 g/mol. The van der Waals surface area contributed by atoms with Crippen molar-refractivity contribution in [3.63, 3.8) is 0 Å². The van der Waals surface area contributed by atoms with Gasteiger partial charge in [0.05, 0.1) is 22.7 Å². The highest BCUT2D eigenvalue weighted by molar-refractivity contribution is 6.42. The van der Waals surface area contributed by atoms with Gasteiger partial charge in [0.2, 0.25) is 0 Å². The van der Waals surface area contributed by atoms with E-state index >= 15 is 0 Å².